The zero-order valence-electron chi connectivity index (χ0n) is 22.3. The second-order valence-corrected chi connectivity index (χ2v) is 11.9. The van der Waals surface area contributed by atoms with Crippen molar-refractivity contribution >= 4 is 51.3 Å². The number of hydrogen-bond donors (Lipinski definition) is 0. The second kappa shape index (κ2) is 11.4. The summed E-state index contributed by atoms with van der Waals surface area (Å²) in [6, 6.07) is 25.4. The fourth-order valence-corrected chi connectivity index (χ4v) is 6.86. The molecule has 0 unspecified atom stereocenters. The van der Waals surface area contributed by atoms with E-state index in [2.05, 4.69) is 4.90 Å². The Hall–Kier alpha value is -4.54. The van der Waals surface area contributed by atoms with Crippen molar-refractivity contribution in [2.45, 2.75) is 16.3 Å². The average Bonchev–Trinajstić information content (AvgIpc) is 3.10. The molecule has 0 spiro atoms. The molecule has 2 aliphatic rings. The van der Waals surface area contributed by atoms with Crippen LogP contribution in [0, 0.1) is 10.1 Å². The zero-order chi connectivity index (χ0) is 29.4. The topological polar surface area (TPSA) is 104 Å². The van der Waals surface area contributed by atoms with Crippen LogP contribution in [0.1, 0.15) is 26.3 Å². The van der Waals surface area contributed by atoms with Crippen LogP contribution >= 0.6 is 11.6 Å². The molecule has 6 rings (SSSR count). The van der Waals surface area contributed by atoms with Gasteiger partial charge in [-0.15, -0.1) is 0 Å². The molecule has 1 atom stereocenters. The highest BCUT2D eigenvalue weighted by atomic mass is 35.5. The molecule has 2 amide bonds. The third-order valence-electron chi connectivity index (χ3n) is 7.48. The summed E-state index contributed by atoms with van der Waals surface area (Å²) in [6.45, 7) is 2.22. The lowest BCUT2D eigenvalue weighted by Gasteiger charge is -2.36. The van der Waals surface area contributed by atoms with Crippen molar-refractivity contribution in [1.29, 1.82) is 0 Å². The first-order valence-electron chi connectivity index (χ1n) is 13.3. The summed E-state index contributed by atoms with van der Waals surface area (Å²) in [6.07, 6.45) is 0. The number of nitrogens with zero attached hydrogens (tertiary/aromatic N) is 4. The first-order chi connectivity index (χ1) is 20.3. The van der Waals surface area contributed by atoms with Gasteiger partial charge in [0.05, 0.1) is 43.3 Å². The molecule has 4 aromatic rings. The van der Waals surface area contributed by atoms with E-state index in [4.69, 9.17) is 11.6 Å². The van der Waals surface area contributed by atoms with Crippen LogP contribution in [0.5, 0.6) is 0 Å². The van der Waals surface area contributed by atoms with Crippen LogP contribution in [-0.4, -0.2) is 52.0 Å². The van der Waals surface area contributed by atoms with Gasteiger partial charge in [0.25, 0.3) is 17.5 Å². The molecule has 9 nitrogen and oxygen atoms in total. The lowest BCUT2D eigenvalue weighted by molar-refractivity contribution is -0.384. The number of piperazine rings is 1. The fraction of sp³-hybridized carbons (Fsp3) is 0.161. The quantitative estimate of drug-likeness (QED) is 0.220. The highest BCUT2D eigenvalue weighted by Gasteiger charge is 2.32. The Morgan fingerprint density at radius 1 is 0.881 bits per heavy atom. The zero-order valence-corrected chi connectivity index (χ0v) is 23.9. The van der Waals surface area contributed by atoms with E-state index >= 15 is 0 Å². The molecular formula is C31H25ClN4O5S. The van der Waals surface area contributed by atoms with Crippen LogP contribution in [0.2, 0.25) is 5.02 Å². The number of nitro groups is 1. The number of anilines is 2. The third kappa shape index (κ3) is 5.26. The van der Waals surface area contributed by atoms with Crippen LogP contribution in [0.3, 0.4) is 0 Å². The molecule has 2 aliphatic heterocycles. The van der Waals surface area contributed by atoms with Crippen molar-refractivity contribution < 1.29 is 18.7 Å². The Morgan fingerprint density at radius 2 is 1.62 bits per heavy atom. The number of nitro benzene ring substituents is 1. The SMILES string of the molecule is O=C(c1ccc2c(c1)N(Cc1cccc(Cl)c1)C(=O)c1ccccc1[S@@]2=O)N1CCN(c2ccc([N+](=O)[O-])cc2)CC1. The Balaban J connectivity index is 1.28. The van der Waals surface area contributed by atoms with Gasteiger partial charge in [0.15, 0.2) is 0 Å². The summed E-state index contributed by atoms with van der Waals surface area (Å²) in [5.74, 6) is -0.497. The maximum absolute atomic E-state index is 13.9. The van der Waals surface area contributed by atoms with E-state index in [9.17, 15) is 23.9 Å². The number of amides is 2. The van der Waals surface area contributed by atoms with E-state index in [0.29, 0.717) is 57.8 Å². The van der Waals surface area contributed by atoms with Crippen molar-refractivity contribution in [3.8, 4) is 0 Å². The summed E-state index contributed by atoms with van der Waals surface area (Å²) in [5.41, 5.74) is 2.85. The summed E-state index contributed by atoms with van der Waals surface area (Å²) in [5, 5.41) is 11.5. The lowest BCUT2D eigenvalue weighted by atomic mass is 10.1. The van der Waals surface area contributed by atoms with Crippen LogP contribution < -0.4 is 9.80 Å². The number of halogens is 1. The molecular weight excluding hydrogens is 576 g/mol. The van der Waals surface area contributed by atoms with Gasteiger partial charge in [0.1, 0.15) is 0 Å². The first kappa shape index (κ1) is 27.6. The normalized spacial score (nSPS) is 16.5. The van der Waals surface area contributed by atoms with E-state index < -0.39 is 15.7 Å². The van der Waals surface area contributed by atoms with Gasteiger partial charge in [-0.3, -0.25) is 19.7 Å². The molecule has 0 saturated carbocycles. The van der Waals surface area contributed by atoms with Crippen LogP contribution in [0.15, 0.2) is 101 Å². The van der Waals surface area contributed by atoms with Gasteiger partial charge in [-0.2, -0.15) is 0 Å². The summed E-state index contributed by atoms with van der Waals surface area (Å²) >= 11 is 6.22. The van der Waals surface area contributed by atoms with Gasteiger partial charge < -0.3 is 14.7 Å². The molecule has 0 aliphatic carbocycles. The number of rotatable bonds is 5. The molecule has 1 fully saturated rings. The molecule has 0 N–H and O–H groups in total. The number of carbonyl (C=O) groups is 2. The Kier molecular flexibility index (Phi) is 7.49. The number of benzene rings is 4. The minimum Gasteiger partial charge on any atom is -0.368 e. The minimum absolute atomic E-state index is 0.0303. The molecule has 212 valence electrons. The summed E-state index contributed by atoms with van der Waals surface area (Å²) in [7, 11) is -1.63. The van der Waals surface area contributed by atoms with E-state index in [1.54, 1.807) is 76.5 Å². The lowest BCUT2D eigenvalue weighted by Crippen LogP contribution is -2.48. The summed E-state index contributed by atoms with van der Waals surface area (Å²) in [4.78, 5) is 44.3. The molecule has 4 aromatic carbocycles. The van der Waals surface area contributed by atoms with Crippen molar-refractivity contribution in [3.63, 3.8) is 0 Å². The Morgan fingerprint density at radius 3 is 2.33 bits per heavy atom. The number of non-ortho nitro benzene ring substituents is 1. The maximum Gasteiger partial charge on any atom is 0.269 e. The van der Waals surface area contributed by atoms with Gasteiger partial charge in [-0.05, 0) is 60.2 Å². The smallest absolute Gasteiger partial charge is 0.269 e. The van der Waals surface area contributed by atoms with E-state index in [1.165, 1.54) is 12.1 Å². The van der Waals surface area contributed by atoms with E-state index in [0.717, 1.165) is 11.3 Å². The predicted molar refractivity (Wildman–Crippen MR) is 161 cm³/mol. The monoisotopic (exact) mass is 600 g/mol. The van der Waals surface area contributed by atoms with Crippen molar-refractivity contribution in [2.24, 2.45) is 0 Å². The van der Waals surface area contributed by atoms with Gasteiger partial charge in [-0.25, -0.2) is 4.21 Å². The third-order valence-corrected chi connectivity index (χ3v) is 9.22. The maximum atomic E-state index is 13.9. The molecule has 0 bridgehead atoms. The van der Waals surface area contributed by atoms with Crippen LogP contribution in [0.4, 0.5) is 17.1 Å². The molecule has 42 heavy (non-hydrogen) atoms. The Bertz CT molecular complexity index is 1740. The largest absolute Gasteiger partial charge is 0.368 e. The molecule has 0 radical (unpaired) electrons. The number of fused-ring (bicyclic) bond motifs is 2. The van der Waals surface area contributed by atoms with Gasteiger partial charge in [0.2, 0.25) is 0 Å². The van der Waals surface area contributed by atoms with Gasteiger partial charge in [0, 0.05) is 54.6 Å². The van der Waals surface area contributed by atoms with Gasteiger partial charge >= 0.3 is 0 Å². The number of hydrogen-bond acceptors (Lipinski definition) is 6. The van der Waals surface area contributed by atoms with Crippen molar-refractivity contribution in [3.05, 3.63) is 123 Å². The van der Waals surface area contributed by atoms with Gasteiger partial charge in [-0.1, -0.05) is 35.9 Å². The predicted octanol–water partition coefficient (Wildman–Crippen LogP) is 5.54. The van der Waals surface area contributed by atoms with Crippen LogP contribution in [0.25, 0.3) is 0 Å². The Labute approximate surface area is 249 Å². The average molecular weight is 601 g/mol. The van der Waals surface area contributed by atoms with Crippen molar-refractivity contribution in [2.75, 3.05) is 36.0 Å². The number of carbonyl (C=O) groups excluding carboxylic acids is 2. The fourth-order valence-electron chi connectivity index (χ4n) is 5.31. The van der Waals surface area contributed by atoms with E-state index in [1.807, 2.05) is 12.1 Å². The van der Waals surface area contributed by atoms with E-state index in [-0.39, 0.29) is 24.0 Å². The molecule has 11 heteroatoms. The summed E-state index contributed by atoms with van der Waals surface area (Å²) < 4.78 is 13.7. The second-order valence-electron chi connectivity index (χ2n) is 10.0. The first-order valence-corrected chi connectivity index (χ1v) is 14.8. The standard InChI is InChI=1S/C31H25ClN4O5S/c32-23-5-3-4-21(18-23)20-35-27-19-22(8-13-29(27)42(41)28-7-2-1-6-26(28)31(35)38)30(37)34-16-14-33(15-17-34)24-9-11-25(12-10-24)36(39)40/h1-13,18-19H,14-17,20H2/t42-/m0/s1. The highest BCUT2D eigenvalue weighted by molar-refractivity contribution is 7.85. The molecule has 2 heterocycles. The molecule has 0 aromatic heterocycles. The highest BCUT2D eigenvalue weighted by Crippen LogP contribution is 2.36. The van der Waals surface area contributed by atoms with Crippen LogP contribution in [-0.2, 0) is 17.3 Å². The molecule has 1 saturated heterocycles. The van der Waals surface area contributed by atoms with Crippen molar-refractivity contribution in [1.82, 2.24) is 4.90 Å². The minimum atomic E-state index is -1.63.